The molecule has 138 valence electrons. The van der Waals surface area contributed by atoms with Crippen LogP contribution < -0.4 is 19.5 Å². The van der Waals surface area contributed by atoms with Crippen LogP contribution in [0.5, 0.6) is 23.1 Å². The molecule has 0 saturated carbocycles. The van der Waals surface area contributed by atoms with Gasteiger partial charge in [-0.15, -0.1) is 0 Å². The van der Waals surface area contributed by atoms with E-state index in [0.717, 1.165) is 11.3 Å². The van der Waals surface area contributed by atoms with E-state index in [1.54, 1.807) is 43.6 Å². The Morgan fingerprint density at radius 3 is 2.30 bits per heavy atom. The minimum Gasteiger partial charge on any atom is -0.497 e. The van der Waals surface area contributed by atoms with E-state index in [2.05, 4.69) is 10.3 Å². The summed E-state index contributed by atoms with van der Waals surface area (Å²) in [6.07, 6.45) is 1.66. The molecule has 0 radical (unpaired) electrons. The van der Waals surface area contributed by atoms with Crippen LogP contribution in [0.1, 0.15) is 5.56 Å². The fraction of sp³-hybridized carbons (Fsp3) is 0.143. The van der Waals surface area contributed by atoms with Crippen molar-refractivity contribution in [3.8, 4) is 23.1 Å². The Hall–Kier alpha value is -3.54. The van der Waals surface area contributed by atoms with Crippen LogP contribution in [0.4, 0.5) is 0 Å². The SMILES string of the molecule is COc1ccc(CNC(=O)COc2ccc(Oc3ccccn3)cc2)cc1. The number of ether oxygens (including phenoxy) is 3. The highest BCUT2D eigenvalue weighted by Gasteiger charge is 2.04. The quantitative estimate of drug-likeness (QED) is 0.662. The van der Waals surface area contributed by atoms with E-state index < -0.39 is 0 Å². The average molecular weight is 364 g/mol. The van der Waals surface area contributed by atoms with Gasteiger partial charge in [0.25, 0.3) is 5.91 Å². The number of hydrogen-bond donors (Lipinski definition) is 1. The Kier molecular flexibility index (Phi) is 6.25. The third kappa shape index (κ3) is 5.74. The van der Waals surface area contributed by atoms with Crippen molar-refractivity contribution in [1.29, 1.82) is 0 Å². The van der Waals surface area contributed by atoms with Gasteiger partial charge in [-0.05, 0) is 48.0 Å². The number of methoxy groups -OCH3 is 1. The Morgan fingerprint density at radius 1 is 0.926 bits per heavy atom. The van der Waals surface area contributed by atoms with E-state index in [0.29, 0.717) is 23.9 Å². The molecule has 0 aliphatic carbocycles. The first-order valence-corrected chi connectivity index (χ1v) is 8.44. The molecule has 6 nitrogen and oxygen atoms in total. The van der Waals surface area contributed by atoms with E-state index in [4.69, 9.17) is 14.2 Å². The normalized spacial score (nSPS) is 10.1. The fourth-order valence-electron chi connectivity index (χ4n) is 2.28. The topological polar surface area (TPSA) is 69.7 Å². The monoisotopic (exact) mass is 364 g/mol. The predicted octanol–water partition coefficient (Wildman–Crippen LogP) is 3.58. The van der Waals surface area contributed by atoms with Crippen LogP contribution in [0, 0.1) is 0 Å². The van der Waals surface area contributed by atoms with Crippen molar-refractivity contribution in [2.24, 2.45) is 0 Å². The first kappa shape index (κ1) is 18.3. The van der Waals surface area contributed by atoms with Crippen LogP contribution in [0.15, 0.2) is 72.9 Å². The molecule has 3 aromatic rings. The van der Waals surface area contributed by atoms with Crippen molar-refractivity contribution in [2.45, 2.75) is 6.54 Å². The molecule has 1 amide bonds. The summed E-state index contributed by atoms with van der Waals surface area (Å²) in [6.45, 7) is 0.375. The molecule has 0 aliphatic rings. The number of carbonyl (C=O) groups excluding carboxylic acids is 1. The number of nitrogens with one attached hydrogen (secondary N) is 1. The molecule has 0 saturated heterocycles. The zero-order chi connectivity index (χ0) is 18.9. The molecule has 0 unspecified atom stereocenters. The van der Waals surface area contributed by atoms with E-state index in [1.165, 1.54) is 0 Å². The summed E-state index contributed by atoms with van der Waals surface area (Å²) >= 11 is 0. The van der Waals surface area contributed by atoms with Gasteiger partial charge in [0.2, 0.25) is 5.88 Å². The van der Waals surface area contributed by atoms with Crippen LogP contribution in [0.2, 0.25) is 0 Å². The van der Waals surface area contributed by atoms with Crippen molar-refractivity contribution in [3.05, 3.63) is 78.5 Å². The maximum atomic E-state index is 11.9. The van der Waals surface area contributed by atoms with Gasteiger partial charge in [-0.3, -0.25) is 4.79 Å². The second-order valence-corrected chi connectivity index (χ2v) is 5.65. The lowest BCUT2D eigenvalue weighted by Gasteiger charge is -2.09. The summed E-state index contributed by atoms with van der Waals surface area (Å²) in [5, 5.41) is 2.81. The smallest absolute Gasteiger partial charge is 0.258 e. The van der Waals surface area contributed by atoms with Gasteiger partial charge in [0, 0.05) is 18.8 Å². The van der Waals surface area contributed by atoms with Crippen LogP contribution in [0.25, 0.3) is 0 Å². The summed E-state index contributed by atoms with van der Waals surface area (Å²) in [7, 11) is 1.62. The second kappa shape index (κ2) is 9.24. The molecule has 0 atom stereocenters. The van der Waals surface area contributed by atoms with Crippen molar-refractivity contribution in [3.63, 3.8) is 0 Å². The maximum absolute atomic E-state index is 11.9. The Morgan fingerprint density at radius 2 is 1.63 bits per heavy atom. The van der Waals surface area contributed by atoms with E-state index in [1.807, 2.05) is 36.4 Å². The standard InChI is InChI=1S/C21H20N2O4/c1-25-17-7-5-16(6-8-17)14-23-20(24)15-26-18-9-11-19(12-10-18)27-21-4-2-3-13-22-21/h2-13H,14-15H2,1H3,(H,23,24). The molecular weight excluding hydrogens is 344 g/mol. The molecule has 1 heterocycles. The number of amides is 1. The van der Waals surface area contributed by atoms with Gasteiger partial charge >= 0.3 is 0 Å². The van der Waals surface area contributed by atoms with Crippen molar-refractivity contribution >= 4 is 5.91 Å². The lowest BCUT2D eigenvalue weighted by Crippen LogP contribution is -2.28. The molecule has 1 aromatic heterocycles. The molecule has 27 heavy (non-hydrogen) atoms. The molecule has 1 N–H and O–H groups in total. The number of pyridine rings is 1. The minimum absolute atomic E-state index is 0.0589. The van der Waals surface area contributed by atoms with E-state index in [-0.39, 0.29) is 12.5 Å². The highest BCUT2D eigenvalue weighted by Crippen LogP contribution is 2.22. The number of rotatable bonds is 8. The Balaban J connectivity index is 1.43. The molecule has 2 aromatic carbocycles. The largest absolute Gasteiger partial charge is 0.497 e. The van der Waals surface area contributed by atoms with Crippen LogP contribution in [-0.4, -0.2) is 24.6 Å². The average Bonchev–Trinajstić information content (AvgIpc) is 2.73. The molecule has 0 spiro atoms. The van der Waals surface area contributed by atoms with Gasteiger partial charge in [0.15, 0.2) is 6.61 Å². The van der Waals surface area contributed by atoms with Crippen LogP contribution in [0.3, 0.4) is 0 Å². The molecule has 3 rings (SSSR count). The molecule has 0 fully saturated rings. The number of aromatic nitrogens is 1. The third-order valence-corrected chi connectivity index (χ3v) is 3.70. The summed E-state index contributed by atoms with van der Waals surface area (Å²) in [5.41, 5.74) is 0.986. The summed E-state index contributed by atoms with van der Waals surface area (Å²) in [4.78, 5) is 16.0. The van der Waals surface area contributed by atoms with Gasteiger partial charge in [0.1, 0.15) is 17.2 Å². The highest BCUT2D eigenvalue weighted by molar-refractivity contribution is 5.77. The molecule has 6 heteroatoms. The van der Waals surface area contributed by atoms with Crippen LogP contribution in [-0.2, 0) is 11.3 Å². The van der Waals surface area contributed by atoms with Crippen molar-refractivity contribution in [1.82, 2.24) is 10.3 Å². The second-order valence-electron chi connectivity index (χ2n) is 5.65. The zero-order valence-corrected chi connectivity index (χ0v) is 14.9. The lowest BCUT2D eigenvalue weighted by atomic mass is 10.2. The highest BCUT2D eigenvalue weighted by atomic mass is 16.5. The fourth-order valence-corrected chi connectivity index (χ4v) is 2.28. The summed E-state index contributed by atoms with van der Waals surface area (Å²) < 4.78 is 16.2. The van der Waals surface area contributed by atoms with E-state index >= 15 is 0 Å². The molecule has 0 aliphatic heterocycles. The van der Waals surface area contributed by atoms with Crippen molar-refractivity contribution in [2.75, 3.05) is 13.7 Å². The third-order valence-electron chi connectivity index (χ3n) is 3.70. The minimum atomic E-state index is -0.195. The Labute approximate surface area is 157 Å². The van der Waals surface area contributed by atoms with Crippen molar-refractivity contribution < 1.29 is 19.0 Å². The van der Waals surface area contributed by atoms with Gasteiger partial charge < -0.3 is 19.5 Å². The number of benzene rings is 2. The van der Waals surface area contributed by atoms with Gasteiger partial charge in [-0.1, -0.05) is 18.2 Å². The maximum Gasteiger partial charge on any atom is 0.258 e. The Bertz CT molecular complexity index is 850. The molecular formula is C21H20N2O4. The van der Waals surface area contributed by atoms with Gasteiger partial charge in [0.05, 0.1) is 7.11 Å². The lowest BCUT2D eigenvalue weighted by molar-refractivity contribution is -0.123. The molecule has 0 bridgehead atoms. The van der Waals surface area contributed by atoms with E-state index in [9.17, 15) is 4.79 Å². The number of nitrogens with zero attached hydrogens (tertiary/aromatic N) is 1. The first-order valence-electron chi connectivity index (χ1n) is 8.44. The zero-order valence-electron chi connectivity index (χ0n) is 14.9. The number of hydrogen-bond acceptors (Lipinski definition) is 5. The number of carbonyl (C=O) groups is 1. The summed E-state index contributed by atoms with van der Waals surface area (Å²) in [5.74, 6) is 2.33. The predicted molar refractivity (Wildman–Crippen MR) is 101 cm³/mol. The summed E-state index contributed by atoms with van der Waals surface area (Å²) in [6, 6.07) is 20.0. The first-order chi connectivity index (χ1) is 13.2. The van der Waals surface area contributed by atoms with Gasteiger partial charge in [-0.2, -0.15) is 0 Å². The van der Waals surface area contributed by atoms with Gasteiger partial charge in [-0.25, -0.2) is 4.98 Å². The van der Waals surface area contributed by atoms with Crippen LogP contribution >= 0.6 is 0 Å².